The number of imidazole rings is 1. The van der Waals surface area contributed by atoms with Crippen LogP contribution in [-0.2, 0) is 20.1 Å². The summed E-state index contributed by atoms with van der Waals surface area (Å²) in [5, 5.41) is 2.15. The van der Waals surface area contributed by atoms with Gasteiger partial charge in [0.1, 0.15) is 5.58 Å². The van der Waals surface area contributed by atoms with Crippen molar-refractivity contribution >= 4 is 33.0 Å². The van der Waals surface area contributed by atoms with Gasteiger partial charge in [-0.25, -0.2) is 0 Å². The number of hydrogen-bond donors (Lipinski definition) is 0. The molecule has 1 radical (unpaired) electrons. The Morgan fingerprint density at radius 1 is 0.559 bits per heavy atom. The van der Waals surface area contributed by atoms with E-state index in [1.54, 1.807) is 18.5 Å². The third kappa shape index (κ3) is 7.78. The minimum absolute atomic E-state index is 0. The molecule has 291 valence electrons. The normalized spacial score (nSPS) is 11.2. The van der Waals surface area contributed by atoms with E-state index in [-0.39, 0.29) is 31.9 Å². The number of rotatable bonds is 7. The van der Waals surface area contributed by atoms with Crippen LogP contribution in [0.5, 0.6) is 0 Å². The van der Waals surface area contributed by atoms with E-state index >= 15 is 0 Å². The number of fused-ring (bicyclic) bond motifs is 4. The molecule has 6 heteroatoms. The SMILES string of the molecule is CC(C)c1cc(-c2ccccc2)cc(C(C)C)c1-n1c(-c2[c-]ccc3c2oc2cc(-c4ccccc4)ccc23)nc2ccccc21.[Ir].[c-]1ccccc1-c1ncccn1. The predicted molar refractivity (Wildman–Crippen MR) is 238 cm³/mol. The van der Waals surface area contributed by atoms with Gasteiger partial charge in [-0.15, -0.1) is 54.1 Å². The summed E-state index contributed by atoms with van der Waals surface area (Å²) in [6.07, 6.45) is 3.45. The van der Waals surface area contributed by atoms with Gasteiger partial charge < -0.3 is 8.98 Å². The summed E-state index contributed by atoms with van der Waals surface area (Å²) >= 11 is 0. The predicted octanol–water partition coefficient (Wildman–Crippen LogP) is 13.9. The van der Waals surface area contributed by atoms with Crippen LogP contribution in [0.25, 0.3) is 83.7 Å². The smallest absolute Gasteiger partial charge is 0.121 e. The van der Waals surface area contributed by atoms with Gasteiger partial charge in [0.05, 0.1) is 28.3 Å². The average molecular weight is 943 g/mol. The van der Waals surface area contributed by atoms with Crippen molar-refractivity contribution in [3.05, 3.63) is 193 Å². The maximum atomic E-state index is 6.73. The van der Waals surface area contributed by atoms with Crippen molar-refractivity contribution in [2.24, 2.45) is 0 Å². The standard InChI is InChI=1S/C43H35N2O.C10H7N2.Ir/c1-27(2)36-24-32(30-16-9-6-10-17-30)25-37(28(3)4)41(36)45-39-21-12-11-20-38(39)44-43(45)35-19-13-18-34-33-23-22-31(26-40(33)46-42(34)35)29-14-7-5-8-15-29;1-2-5-9(6-3-1)10-11-7-4-8-12-10;/h5-18,20-28H,1-4H3;1-5,7-8H;/q2*-1;. The van der Waals surface area contributed by atoms with E-state index in [9.17, 15) is 0 Å². The summed E-state index contributed by atoms with van der Waals surface area (Å²) in [5.41, 5.74) is 14.0. The summed E-state index contributed by atoms with van der Waals surface area (Å²) in [6, 6.07) is 61.0. The Labute approximate surface area is 358 Å². The molecule has 0 bridgehead atoms. The third-order valence-corrected chi connectivity index (χ3v) is 10.6. The molecule has 0 saturated heterocycles. The van der Waals surface area contributed by atoms with Crippen molar-refractivity contribution in [1.82, 2.24) is 19.5 Å². The molecule has 3 aromatic heterocycles. The maximum absolute atomic E-state index is 6.73. The first kappa shape index (κ1) is 39.4. The van der Waals surface area contributed by atoms with Crippen molar-refractivity contribution in [2.45, 2.75) is 39.5 Å². The molecule has 7 aromatic carbocycles. The average Bonchev–Trinajstić information content (AvgIpc) is 3.86. The van der Waals surface area contributed by atoms with Gasteiger partial charge in [-0.05, 0) is 81.6 Å². The Kier molecular flexibility index (Phi) is 11.5. The topological polar surface area (TPSA) is 56.7 Å². The second kappa shape index (κ2) is 17.2. The summed E-state index contributed by atoms with van der Waals surface area (Å²) < 4.78 is 9.10. The van der Waals surface area contributed by atoms with E-state index in [0.29, 0.717) is 0 Å². The summed E-state index contributed by atoms with van der Waals surface area (Å²) in [4.78, 5) is 13.5. The van der Waals surface area contributed by atoms with Crippen LogP contribution in [0.3, 0.4) is 0 Å². The minimum Gasteiger partial charge on any atom is -0.501 e. The Bertz CT molecular complexity index is 2930. The fourth-order valence-corrected chi connectivity index (χ4v) is 7.72. The number of nitrogens with zero attached hydrogens (tertiary/aromatic N) is 4. The zero-order valence-electron chi connectivity index (χ0n) is 33.4. The van der Waals surface area contributed by atoms with E-state index in [0.717, 1.165) is 61.3 Å². The molecule has 0 fully saturated rings. The molecular formula is C53H42IrN4O-2. The molecule has 0 saturated carbocycles. The molecule has 0 unspecified atom stereocenters. The van der Waals surface area contributed by atoms with Crippen LogP contribution >= 0.6 is 0 Å². The fraction of sp³-hybridized carbons (Fsp3) is 0.113. The summed E-state index contributed by atoms with van der Waals surface area (Å²) in [6.45, 7) is 9.14. The van der Waals surface area contributed by atoms with E-state index in [2.05, 4.69) is 170 Å². The Hall–Kier alpha value is -6.46. The van der Waals surface area contributed by atoms with Crippen LogP contribution in [0.1, 0.15) is 50.7 Å². The molecule has 59 heavy (non-hydrogen) atoms. The van der Waals surface area contributed by atoms with Crippen LogP contribution in [0.15, 0.2) is 175 Å². The minimum atomic E-state index is 0. The number of benzene rings is 7. The van der Waals surface area contributed by atoms with Gasteiger partial charge in [-0.3, -0.25) is 15.0 Å². The van der Waals surface area contributed by atoms with Crippen molar-refractivity contribution < 1.29 is 24.5 Å². The fourth-order valence-electron chi connectivity index (χ4n) is 7.72. The Morgan fingerprint density at radius 2 is 1.20 bits per heavy atom. The number of para-hydroxylation sites is 2. The summed E-state index contributed by atoms with van der Waals surface area (Å²) in [7, 11) is 0. The third-order valence-electron chi connectivity index (χ3n) is 10.6. The number of hydrogen-bond acceptors (Lipinski definition) is 4. The first-order valence-corrected chi connectivity index (χ1v) is 19.8. The van der Waals surface area contributed by atoms with Crippen LogP contribution in [0.4, 0.5) is 0 Å². The van der Waals surface area contributed by atoms with Gasteiger partial charge in [0.15, 0.2) is 0 Å². The second-order valence-electron chi connectivity index (χ2n) is 15.1. The molecule has 5 nitrogen and oxygen atoms in total. The van der Waals surface area contributed by atoms with Gasteiger partial charge in [0, 0.05) is 43.6 Å². The molecule has 0 aliphatic carbocycles. The van der Waals surface area contributed by atoms with Crippen molar-refractivity contribution in [3.63, 3.8) is 0 Å². The quantitative estimate of drug-likeness (QED) is 0.149. The van der Waals surface area contributed by atoms with E-state index < -0.39 is 0 Å². The van der Waals surface area contributed by atoms with Crippen LogP contribution in [0, 0.1) is 12.1 Å². The van der Waals surface area contributed by atoms with Gasteiger partial charge in [0.2, 0.25) is 0 Å². The van der Waals surface area contributed by atoms with E-state index in [1.807, 2.05) is 36.4 Å². The first-order chi connectivity index (χ1) is 28.4. The maximum Gasteiger partial charge on any atom is 0.121 e. The number of aromatic nitrogens is 4. The Morgan fingerprint density at radius 3 is 1.86 bits per heavy atom. The first-order valence-electron chi connectivity index (χ1n) is 19.8. The van der Waals surface area contributed by atoms with Gasteiger partial charge in [0.25, 0.3) is 0 Å². The van der Waals surface area contributed by atoms with E-state index in [4.69, 9.17) is 9.40 Å². The van der Waals surface area contributed by atoms with E-state index in [1.165, 1.54) is 33.5 Å². The Balaban J connectivity index is 0.000000319. The monoisotopic (exact) mass is 943 g/mol. The molecule has 0 amide bonds. The molecule has 0 aliphatic rings. The van der Waals surface area contributed by atoms with Crippen LogP contribution in [-0.4, -0.2) is 19.5 Å². The zero-order valence-corrected chi connectivity index (χ0v) is 35.7. The van der Waals surface area contributed by atoms with Crippen molar-refractivity contribution in [2.75, 3.05) is 0 Å². The van der Waals surface area contributed by atoms with Crippen molar-refractivity contribution in [3.8, 4) is 50.7 Å². The van der Waals surface area contributed by atoms with Gasteiger partial charge in [-0.1, -0.05) is 124 Å². The molecule has 10 aromatic rings. The van der Waals surface area contributed by atoms with Crippen molar-refractivity contribution in [1.29, 1.82) is 0 Å². The largest absolute Gasteiger partial charge is 0.501 e. The molecule has 3 heterocycles. The summed E-state index contributed by atoms with van der Waals surface area (Å²) in [5.74, 6) is 2.13. The molecule has 0 N–H and O–H groups in total. The number of furan rings is 1. The van der Waals surface area contributed by atoms with Gasteiger partial charge in [-0.2, -0.15) is 0 Å². The van der Waals surface area contributed by atoms with Crippen LogP contribution in [0.2, 0.25) is 0 Å². The zero-order chi connectivity index (χ0) is 39.6. The molecule has 10 rings (SSSR count). The second-order valence-corrected chi connectivity index (χ2v) is 15.1. The molecular weight excluding hydrogens is 901 g/mol. The molecule has 0 spiro atoms. The molecule has 0 aliphatic heterocycles. The van der Waals surface area contributed by atoms with Gasteiger partial charge >= 0.3 is 0 Å². The molecule has 0 atom stereocenters. The van der Waals surface area contributed by atoms with Crippen LogP contribution < -0.4 is 0 Å².